The number of azide groups is 1. The van der Waals surface area contributed by atoms with Crippen LogP contribution in [-0.2, 0) is 10.5 Å². The van der Waals surface area contributed by atoms with Gasteiger partial charge in [-0.05, 0) is 55.0 Å². The summed E-state index contributed by atoms with van der Waals surface area (Å²) in [6.07, 6.45) is 1.36. The molecular formula is C12H11Br2N7O2. The SMILES string of the molecule is CO[C@@]12CCCN3C(=O)c4cc(Br)c(Br)n4[C@@]31N=C(N=[N+]=[N-])N2. The molecule has 0 unspecified atom stereocenters. The predicted octanol–water partition coefficient (Wildman–Crippen LogP) is 2.49. The van der Waals surface area contributed by atoms with Gasteiger partial charge in [-0.1, -0.05) is 0 Å². The van der Waals surface area contributed by atoms with Gasteiger partial charge in [0, 0.05) is 25.0 Å². The number of halogens is 2. The van der Waals surface area contributed by atoms with E-state index < -0.39 is 11.5 Å². The fraction of sp³-hybridized carbons (Fsp3) is 0.500. The van der Waals surface area contributed by atoms with Gasteiger partial charge < -0.3 is 10.1 Å². The normalized spacial score (nSPS) is 31.0. The van der Waals surface area contributed by atoms with E-state index in [1.165, 1.54) is 0 Å². The van der Waals surface area contributed by atoms with Crippen LogP contribution in [-0.4, -0.2) is 40.7 Å². The Morgan fingerprint density at radius 2 is 2.35 bits per heavy atom. The Kier molecular flexibility index (Phi) is 3.08. The number of hydrogen-bond acceptors (Lipinski definition) is 5. The first-order valence-corrected chi connectivity index (χ1v) is 8.47. The van der Waals surface area contributed by atoms with Crippen LogP contribution in [0.3, 0.4) is 0 Å². The Labute approximate surface area is 147 Å². The van der Waals surface area contributed by atoms with Gasteiger partial charge in [-0.3, -0.25) is 14.3 Å². The van der Waals surface area contributed by atoms with E-state index in [2.05, 4.69) is 52.2 Å². The molecule has 0 bridgehead atoms. The Balaban J connectivity index is 2.07. The average molecular weight is 445 g/mol. The van der Waals surface area contributed by atoms with Crippen molar-refractivity contribution in [3.63, 3.8) is 0 Å². The van der Waals surface area contributed by atoms with Crippen LogP contribution >= 0.6 is 31.9 Å². The highest BCUT2D eigenvalue weighted by Crippen LogP contribution is 2.53. The van der Waals surface area contributed by atoms with Crippen LogP contribution in [0.25, 0.3) is 10.4 Å². The van der Waals surface area contributed by atoms with Gasteiger partial charge in [0.1, 0.15) is 10.3 Å². The second-order valence-corrected chi connectivity index (χ2v) is 7.09. The zero-order valence-corrected chi connectivity index (χ0v) is 15.1. The van der Waals surface area contributed by atoms with Gasteiger partial charge in [0.05, 0.1) is 4.47 Å². The molecule has 4 rings (SSSR count). The number of carbonyl (C=O) groups is 1. The molecule has 0 aromatic carbocycles. The number of amides is 1. The molecule has 3 aliphatic heterocycles. The lowest BCUT2D eigenvalue weighted by molar-refractivity contribution is -0.177. The fourth-order valence-corrected chi connectivity index (χ4v) is 4.66. The molecule has 0 radical (unpaired) electrons. The first kappa shape index (κ1) is 15.0. The van der Waals surface area contributed by atoms with Crippen molar-refractivity contribution in [3.8, 4) is 0 Å². The standard InChI is InChI=1S/C12H11Br2N7O2/c1-23-11-3-2-4-20-9(22)7-5-6(13)8(14)21(7)12(11,20)17-10(16-11)18-19-15/h5H,2-4H2,1H3,(H,16,17)/t11-,12-/m0/s1. The van der Waals surface area contributed by atoms with Gasteiger partial charge in [-0.25, -0.2) is 4.99 Å². The van der Waals surface area contributed by atoms with Crippen molar-refractivity contribution >= 4 is 43.7 Å². The first-order chi connectivity index (χ1) is 11.0. The van der Waals surface area contributed by atoms with E-state index in [0.717, 1.165) is 10.9 Å². The number of rotatable bonds is 1. The molecule has 1 fully saturated rings. The summed E-state index contributed by atoms with van der Waals surface area (Å²) >= 11 is 6.95. The topological polar surface area (TPSA) is 108 Å². The van der Waals surface area contributed by atoms with E-state index in [4.69, 9.17) is 10.3 Å². The summed E-state index contributed by atoms with van der Waals surface area (Å²) in [6, 6.07) is 1.75. The Bertz CT molecular complexity index is 815. The summed E-state index contributed by atoms with van der Waals surface area (Å²) in [7, 11) is 1.56. The summed E-state index contributed by atoms with van der Waals surface area (Å²) in [5.41, 5.74) is 8.26. The minimum Gasteiger partial charge on any atom is -0.353 e. The van der Waals surface area contributed by atoms with Gasteiger partial charge in [-0.2, -0.15) is 0 Å². The number of nitrogens with one attached hydrogen (secondary N) is 1. The van der Waals surface area contributed by atoms with Gasteiger partial charge in [-0.15, -0.1) is 0 Å². The molecule has 1 N–H and O–H groups in total. The summed E-state index contributed by atoms with van der Waals surface area (Å²) in [5, 5.41) is 6.67. The van der Waals surface area contributed by atoms with Crippen molar-refractivity contribution in [2.75, 3.05) is 13.7 Å². The maximum Gasteiger partial charge on any atom is 0.274 e. The molecule has 2 atom stereocenters. The predicted molar refractivity (Wildman–Crippen MR) is 87.5 cm³/mol. The summed E-state index contributed by atoms with van der Waals surface area (Å²) in [4.78, 5) is 21.9. The summed E-state index contributed by atoms with van der Waals surface area (Å²) in [5.74, 6) is -1.18. The molecule has 0 aliphatic carbocycles. The lowest BCUT2D eigenvalue weighted by Gasteiger charge is -2.49. The third-order valence-corrected chi connectivity index (χ3v) is 6.48. The van der Waals surface area contributed by atoms with E-state index in [-0.39, 0.29) is 11.9 Å². The molecule has 23 heavy (non-hydrogen) atoms. The lowest BCUT2D eigenvalue weighted by Crippen LogP contribution is -2.68. The smallest absolute Gasteiger partial charge is 0.274 e. The first-order valence-electron chi connectivity index (χ1n) is 6.88. The van der Waals surface area contributed by atoms with Crippen molar-refractivity contribution in [1.29, 1.82) is 0 Å². The zero-order chi connectivity index (χ0) is 16.4. The second-order valence-electron chi connectivity index (χ2n) is 5.48. The maximum absolute atomic E-state index is 12.9. The molecule has 1 amide bonds. The average Bonchev–Trinajstić information content (AvgIpc) is 3.10. The number of aliphatic imine (C=N–C) groups is 1. The highest BCUT2D eigenvalue weighted by Gasteiger charge is 2.69. The molecular weight excluding hydrogens is 434 g/mol. The van der Waals surface area contributed by atoms with Crippen LogP contribution in [0.4, 0.5) is 0 Å². The van der Waals surface area contributed by atoms with E-state index in [9.17, 15) is 4.79 Å². The van der Waals surface area contributed by atoms with Crippen LogP contribution in [0, 0.1) is 0 Å². The largest absolute Gasteiger partial charge is 0.353 e. The van der Waals surface area contributed by atoms with Crippen molar-refractivity contribution < 1.29 is 9.53 Å². The molecule has 1 aromatic heterocycles. The molecule has 1 spiro atoms. The van der Waals surface area contributed by atoms with Gasteiger partial charge in [0.15, 0.2) is 5.96 Å². The van der Waals surface area contributed by atoms with Crippen LogP contribution < -0.4 is 5.32 Å². The van der Waals surface area contributed by atoms with Crippen LogP contribution in [0.15, 0.2) is 25.2 Å². The number of ether oxygens (including phenoxy) is 1. The lowest BCUT2D eigenvalue weighted by atomic mass is 9.93. The quantitative estimate of drug-likeness (QED) is 0.408. The van der Waals surface area contributed by atoms with Gasteiger partial charge in [0.25, 0.3) is 11.7 Å². The van der Waals surface area contributed by atoms with E-state index in [1.807, 2.05) is 0 Å². The van der Waals surface area contributed by atoms with Crippen molar-refractivity contribution in [2.24, 2.45) is 10.1 Å². The van der Waals surface area contributed by atoms with E-state index in [0.29, 0.717) is 23.3 Å². The molecule has 0 saturated carbocycles. The Hall–Kier alpha value is -1.55. The Morgan fingerprint density at radius 3 is 3.04 bits per heavy atom. The third-order valence-electron chi connectivity index (χ3n) is 4.57. The summed E-state index contributed by atoms with van der Waals surface area (Å²) < 4.78 is 9.01. The number of hydrogen-bond donors (Lipinski definition) is 1. The summed E-state index contributed by atoms with van der Waals surface area (Å²) in [6.45, 7) is 0.546. The zero-order valence-electron chi connectivity index (χ0n) is 12.0. The van der Waals surface area contributed by atoms with Gasteiger partial charge in [0.2, 0.25) is 5.72 Å². The number of carbonyl (C=O) groups excluding carboxylic acids is 1. The molecule has 120 valence electrons. The Morgan fingerprint density at radius 1 is 1.57 bits per heavy atom. The van der Waals surface area contributed by atoms with Crippen LogP contribution in [0.1, 0.15) is 23.3 Å². The maximum atomic E-state index is 12.9. The number of nitrogens with zero attached hydrogens (tertiary/aromatic N) is 6. The molecule has 1 aromatic rings. The van der Waals surface area contributed by atoms with Crippen LogP contribution in [0.2, 0.25) is 0 Å². The molecule has 4 heterocycles. The second kappa shape index (κ2) is 4.73. The van der Waals surface area contributed by atoms with Crippen molar-refractivity contribution in [2.45, 2.75) is 24.4 Å². The fourth-order valence-electron chi connectivity index (χ4n) is 3.71. The number of fused-ring (bicyclic) bond motifs is 1. The van der Waals surface area contributed by atoms with Crippen molar-refractivity contribution in [1.82, 2.24) is 14.8 Å². The van der Waals surface area contributed by atoms with E-state index >= 15 is 0 Å². The third kappa shape index (κ3) is 1.58. The minimum absolute atomic E-state index is 0.110. The molecule has 3 aliphatic rings. The number of guanidine groups is 1. The highest BCUT2D eigenvalue weighted by atomic mass is 79.9. The molecule has 11 heteroatoms. The number of piperidine rings is 1. The number of methoxy groups -OCH3 is 1. The molecule has 9 nitrogen and oxygen atoms in total. The number of aromatic nitrogens is 1. The monoisotopic (exact) mass is 443 g/mol. The van der Waals surface area contributed by atoms with Crippen LogP contribution in [0.5, 0.6) is 0 Å². The molecule has 1 saturated heterocycles. The van der Waals surface area contributed by atoms with Gasteiger partial charge >= 0.3 is 0 Å². The highest BCUT2D eigenvalue weighted by molar-refractivity contribution is 9.13. The van der Waals surface area contributed by atoms with Crippen molar-refractivity contribution in [3.05, 3.63) is 31.3 Å². The van der Waals surface area contributed by atoms with E-state index in [1.54, 1.807) is 22.6 Å². The minimum atomic E-state index is -1.15.